The molecule has 1 N–H and O–H groups in total. The number of esters is 1. The minimum atomic E-state index is -0.876. The molecule has 0 spiro atoms. The lowest BCUT2D eigenvalue weighted by Crippen LogP contribution is -2.32. The van der Waals surface area contributed by atoms with Gasteiger partial charge in [0.25, 0.3) is 0 Å². The Bertz CT molecular complexity index is 224. The minimum absolute atomic E-state index is 0.370. The second-order valence-electron chi connectivity index (χ2n) is 1.92. The Kier molecular flexibility index (Phi) is 5.45. The molecule has 0 unspecified atom stereocenters. The Labute approximate surface area is 71.3 Å². The van der Waals surface area contributed by atoms with Crippen LogP contribution in [-0.4, -0.2) is 25.5 Å². The maximum Gasteiger partial charge on any atom is 0.396 e. The van der Waals surface area contributed by atoms with Crippen molar-refractivity contribution in [2.24, 2.45) is 0 Å². The third-order valence-corrected chi connectivity index (χ3v) is 1.08. The summed E-state index contributed by atoms with van der Waals surface area (Å²) in [6.07, 6.45) is 0.541. The van der Waals surface area contributed by atoms with Gasteiger partial charge in [-0.3, -0.25) is 4.79 Å². The molecule has 0 heterocycles. The van der Waals surface area contributed by atoms with E-state index in [1.807, 2.05) is 0 Å². The highest BCUT2D eigenvalue weighted by Crippen LogP contribution is 1.76. The molecule has 0 fully saturated rings. The molecule has 4 nitrogen and oxygen atoms in total. The molecule has 66 valence electrons. The molecule has 0 rings (SSSR count). The number of hydrogen-bond donors (Lipinski definition) is 1. The highest BCUT2D eigenvalue weighted by atomic mass is 16.5. The molecule has 0 aromatic heterocycles. The first-order valence-electron chi connectivity index (χ1n) is 3.48. The highest BCUT2D eigenvalue weighted by molar-refractivity contribution is 6.32. The lowest BCUT2D eigenvalue weighted by atomic mass is 10.4. The van der Waals surface area contributed by atoms with E-state index < -0.39 is 11.9 Å². The molecule has 12 heavy (non-hydrogen) atoms. The highest BCUT2D eigenvalue weighted by Gasteiger charge is 2.11. The Hall–Kier alpha value is -1.50. The Morgan fingerprint density at radius 1 is 1.50 bits per heavy atom. The van der Waals surface area contributed by atoms with Crippen molar-refractivity contribution in [2.75, 3.05) is 13.7 Å². The van der Waals surface area contributed by atoms with Crippen LogP contribution in [0.3, 0.4) is 0 Å². The zero-order chi connectivity index (χ0) is 9.40. The number of carbonyl (C=O) groups is 2. The van der Waals surface area contributed by atoms with Crippen molar-refractivity contribution in [3.05, 3.63) is 0 Å². The molecule has 1 amide bonds. The molecule has 0 aliphatic rings. The first kappa shape index (κ1) is 10.5. The molecule has 4 heteroatoms. The number of ether oxygens (including phenoxy) is 1. The van der Waals surface area contributed by atoms with Crippen LogP contribution in [-0.2, 0) is 14.3 Å². The molecule has 0 atom stereocenters. The van der Waals surface area contributed by atoms with E-state index in [4.69, 9.17) is 0 Å². The summed E-state index contributed by atoms with van der Waals surface area (Å²) >= 11 is 0. The van der Waals surface area contributed by atoms with E-state index >= 15 is 0 Å². The monoisotopic (exact) mass is 169 g/mol. The fourth-order valence-electron chi connectivity index (χ4n) is 0.528. The molecule has 0 aliphatic carbocycles. The summed E-state index contributed by atoms with van der Waals surface area (Å²) in [5.41, 5.74) is 0. The number of methoxy groups -OCH3 is 1. The van der Waals surface area contributed by atoms with Crippen LogP contribution in [0.1, 0.15) is 13.3 Å². The fraction of sp³-hybridized carbons (Fsp3) is 0.500. The third kappa shape index (κ3) is 4.34. The predicted molar refractivity (Wildman–Crippen MR) is 43.1 cm³/mol. The van der Waals surface area contributed by atoms with Crippen LogP contribution < -0.4 is 5.32 Å². The molecule has 0 radical (unpaired) electrons. The predicted octanol–water partition coefficient (Wildman–Crippen LogP) is -0.311. The standard InChI is InChI=1S/C8H11NO3/c1-3-4-5-6-9-7(10)8(11)12-2/h5-6H2,1-2H3,(H,9,10). The molecule has 0 saturated carbocycles. The molecular weight excluding hydrogens is 158 g/mol. The summed E-state index contributed by atoms with van der Waals surface area (Å²) in [5, 5.41) is 2.35. The van der Waals surface area contributed by atoms with Gasteiger partial charge < -0.3 is 10.1 Å². The number of carbonyl (C=O) groups excluding carboxylic acids is 2. The first-order chi connectivity index (χ1) is 5.72. The summed E-state index contributed by atoms with van der Waals surface area (Å²) in [4.78, 5) is 21.2. The zero-order valence-electron chi connectivity index (χ0n) is 7.14. The zero-order valence-corrected chi connectivity index (χ0v) is 7.14. The van der Waals surface area contributed by atoms with Gasteiger partial charge in [0.05, 0.1) is 7.11 Å². The summed E-state index contributed by atoms with van der Waals surface area (Å²) in [5.74, 6) is 3.81. The number of nitrogens with one attached hydrogen (secondary N) is 1. The summed E-state index contributed by atoms with van der Waals surface area (Å²) < 4.78 is 4.18. The normalized spacial score (nSPS) is 7.83. The van der Waals surface area contributed by atoms with Crippen LogP contribution in [0.2, 0.25) is 0 Å². The van der Waals surface area contributed by atoms with Gasteiger partial charge >= 0.3 is 11.9 Å². The second-order valence-corrected chi connectivity index (χ2v) is 1.92. The molecular formula is C8H11NO3. The molecule has 0 saturated heterocycles. The van der Waals surface area contributed by atoms with Crippen LogP contribution >= 0.6 is 0 Å². The third-order valence-electron chi connectivity index (χ3n) is 1.08. The van der Waals surface area contributed by atoms with Gasteiger partial charge in [-0.2, -0.15) is 0 Å². The van der Waals surface area contributed by atoms with Gasteiger partial charge in [-0.1, -0.05) is 0 Å². The summed E-state index contributed by atoms with van der Waals surface area (Å²) in [7, 11) is 1.16. The molecule has 0 aliphatic heterocycles. The second kappa shape index (κ2) is 6.23. The van der Waals surface area contributed by atoms with Crippen LogP contribution in [0.4, 0.5) is 0 Å². The van der Waals surface area contributed by atoms with Crippen molar-refractivity contribution in [1.29, 1.82) is 0 Å². The van der Waals surface area contributed by atoms with Gasteiger partial charge in [0, 0.05) is 13.0 Å². The van der Waals surface area contributed by atoms with Crippen molar-refractivity contribution in [2.45, 2.75) is 13.3 Å². The number of hydrogen-bond acceptors (Lipinski definition) is 3. The van der Waals surface area contributed by atoms with Gasteiger partial charge in [-0.05, 0) is 6.92 Å². The van der Waals surface area contributed by atoms with Crippen molar-refractivity contribution in [1.82, 2.24) is 5.32 Å². The van der Waals surface area contributed by atoms with E-state index in [1.54, 1.807) is 6.92 Å². The van der Waals surface area contributed by atoms with Crippen molar-refractivity contribution >= 4 is 11.9 Å². The van der Waals surface area contributed by atoms with Crippen LogP contribution in [0.15, 0.2) is 0 Å². The van der Waals surface area contributed by atoms with Gasteiger partial charge in [0.15, 0.2) is 0 Å². The van der Waals surface area contributed by atoms with Crippen LogP contribution in [0, 0.1) is 11.8 Å². The number of amides is 1. The topological polar surface area (TPSA) is 55.4 Å². The van der Waals surface area contributed by atoms with Crippen LogP contribution in [0.25, 0.3) is 0 Å². The Balaban J connectivity index is 3.55. The van der Waals surface area contributed by atoms with Crippen molar-refractivity contribution in [3.63, 3.8) is 0 Å². The van der Waals surface area contributed by atoms with Gasteiger partial charge in [0.2, 0.25) is 0 Å². The Morgan fingerprint density at radius 2 is 2.17 bits per heavy atom. The van der Waals surface area contributed by atoms with E-state index in [0.717, 1.165) is 7.11 Å². The van der Waals surface area contributed by atoms with Crippen molar-refractivity contribution < 1.29 is 14.3 Å². The molecule has 0 bridgehead atoms. The lowest BCUT2D eigenvalue weighted by Gasteiger charge is -1.99. The van der Waals surface area contributed by atoms with Gasteiger partial charge in [0.1, 0.15) is 0 Å². The van der Waals surface area contributed by atoms with E-state index in [-0.39, 0.29) is 0 Å². The van der Waals surface area contributed by atoms with E-state index in [1.165, 1.54) is 0 Å². The van der Waals surface area contributed by atoms with Crippen molar-refractivity contribution in [3.8, 4) is 11.8 Å². The summed E-state index contributed by atoms with van der Waals surface area (Å²) in [6, 6.07) is 0. The van der Waals surface area contributed by atoms with E-state index in [0.29, 0.717) is 13.0 Å². The molecule has 0 aromatic rings. The van der Waals surface area contributed by atoms with Gasteiger partial charge in [-0.15, -0.1) is 11.8 Å². The maximum absolute atomic E-state index is 10.7. The van der Waals surface area contributed by atoms with E-state index in [9.17, 15) is 9.59 Å². The van der Waals surface area contributed by atoms with E-state index in [2.05, 4.69) is 21.9 Å². The lowest BCUT2D eigenvalue weighted by molar-refractivity contribution is -0.152. The minimum Gasteiger partial charge on any atom is -0.462 e. The smallest absolute Gasteiger partial charge is 0.396 e. The largest absolute Gasteiger partial charge is 0.462 e. The maximum atomic E-state index is 10.7. The average Bonchev–Trinajstić information content (AvgIpc) is 2.10. The fourth-order valence-corrected chi connectivity index (χ4v) is 0.528. The Morgan fingerprint density at radius 3 is 2.67 bits per heavy atom. The molecule has 0 aromatic carbocycles. The van der Waals surface area contributed by atoms with Crippen LogP contribution in [0.5, 0.6) is 0 Å². The SMILES string of the molecule is CC#CCCNC(=O)C(=O)OC. The first-order valence-corrected chi connectivity index (χ1v) is 3.48. The quantitative estimate of drug-likeness (QED) is 0.267. The van der Waals surface area contributed by atoms with Gasteiger partial charge in [-0.25, -0.2) is 4.79 Å². The summed E-state index contributed by atoms with van der Waals surface area (Å²) in [6.45, 7) is 2.08. The average molecular weight is 169 g/mol. The number of rotatable bonds is 2.